The summed E-state index contributed by atoms with van der Waals surface area (Å²) in [5, 5.41) is 0. The maximum absolute atomic E-state index is 11.8. The topological polar surface area (TPSA) is 125 Å². The molecule has 0 amide bonds. The van der Waals surface area contributed by atoms with Crippen molar-refractivity contribution in [3.63, 3.8) is 0 Å². The van der Waals surface area contributed by atoms with Crippen molar-refractivity contribution < 1.29 is 23.8 Å². The van der Waals surface area contributed by atoms with Gasteiger partial charge in [0.25, 0.3) is 5.56 Å². The first-order valence-corrected chi connectivity index (χ1v) is 8.63. The Morgan fingerprint density at radius 3 is 2.80 bits per heavy atom. The first kappa shape index (κ1) is 17.8. The summed E-state index contributed by atoms with van der Waals surface area (Å²) in [6, 6.07) is 0. The third-order valence-electron chi connectivity index (χ3n) is 3.66. The number of nitrogens with one attached hydrogen (secondary N) is 1. The van der Waals surface area contributed by atoms with Crippen LogP contribution in [0.5, 0.6) is 0 Å². The van der Waals surface area contributed by atoms with Crippen molar-refractivity contribution in [2.45, 2.75) is 36.2 Å². The van der Waals surface area contributed by atoms with Crippen molar-refractivity contribution in [3.8, 4) is 0 Å². The molecular formula is C14H15IN4O6. The van der Waals surface area contributed by atoms with Gasteiger partial charge in [-0.25, -0.2) is 9.97 Å². The number of alkyl halides is 1. The van der Waals surface area contributed by atoms with Gasteiger partial charge in [-0.05, 0) is 0 Å². The van der Waals surface area contributed by atoms with Gasteiger partial charge in [0.05, 0.1) is 16.6 Å². The van der Waals surface area contributed by atoms with Gasteiger partial charge >= 0.3 is 11.9 Å². The molecule has 1 saturated heterocycles. The van der Waals surface area contributed by atoms with Crippen molar-refractivity contribution in [2.24, 2.45) is 0 Å². The van der Waals surface area contributed by atoms with E-state index in [0.717, 1.165) is 0 Å². The number of carbonyl (C=O) groups is 2. The monoisotopic (exact) mass is 462 g/mol. The molecule has 0 aliphatic carbocycles. The lowest BCUT2D eigenvalue weighted by molar-refractivity contribution is -0.152. The predicted octanol–water partition coefficient (Wildman–Crippen LogP) is 0.315. The van der Waals surface area contributed by atoms with E-state index in [-0.39, 0.29) is 21.6 Å². The average Bonchev–Trinajstić information content (AvgIpc) is 3.09. The summed E-state index contributed by atoms with van der Waals surface area (Å²) in [7, 11) is 0. The number of hydrogen-bond donors (Lipinski definition) is 1. The molecule has 0 spiro atoms. The smallest absolute Gasteiger partial charge is 0.303 e. The number of esters is 2. The van der Waals surface area contributed by atoms with Gasteiger partial charge in [-0.1, -0.05) is 22.6 Å². The molecule has 4 atom stereocenters. The standard InChI is InChI=1S/C14H15IN4O6/c1-6(20)23-3-8-9(15)11(24-7(2)21)14(25-8)19-5-18-10-12(19)16-4-17-13(10)22/h4-5,8-9,11,14H,3H2,1-2H3,(H,16,17,22)/t8-,9+,11-,14-/m1/s1. The Morgan fingerprint density at radius 1 is 1.36 bits per heavy atom. The van der Waals surface area contributed by atoms with Crippen LogP contribution >= 0.6 is 22.6 Å². The van der Waals surface area contributed by atoms with E-state index >= 15 is 0 Å². The minimum Gasteiger partial charge on any atom is -0.463 e. The Bertz CT molecular complexity index is 864. The van der Waals surface area contributed by atoms with Crippen LogP contribution < -0.4 is 5.56 Å². The molecule has 3 heterocycles. The number of fused-ring (bicyclic) bond motifs is 1. The summed E-state index contributed by atoms with van der Waals surface area (Å²) in [5.74, 6) is -0.899. The van der Waals surface area contributed by atoms with E-state index in [2.05, 4.69) is 37.5 Å². The minimum atomic E-state index is -0.745. The molecule has 0 aromatic carbocycles. The molecule has 1 aliphatic rings. The van der Waals surface area contributed by atoms with Crippen LogP contribution in [0, 0.1) is 0 Å². The highest BCUT2D eigenvalue weighted by molar-refractivity contribution is 14.1. The molecule has 0 saturated carbocycles. The number of hydrogen-bond acceptors (Lipinski definition) is 8. The third kappa shape index (κ3) is 3.51. The zero-order valence-electron chi connectivity index (χ0n) is 13.3. The number of halogens is 1. The summed E-state index contributed by atoms with van der Waals surface area (Å²) in [6.07, 6.45) is 0.781. The summed E-state index contributed by atoms with van der Waals surface area (Å²) in [4.78, 5) is 45.0. The Labute approximate surface area is 155 Å². The zero-order chi connectivity index (χ0) is 18.1. The van der Waals surface area contributed by atoms with Gasteiger partial charge in [0, 0.05) is 13.8 Å². The lowest BCUT2D eigenvalue weighted by atomic mass is 10.2. The van der Waals surface area contributed by atoms with Gasteiger partial charge in [-0.3, -0.25) is 19.0 Å². The molecule has 11 heteroatoms. The largest absolute Gasteiger partial charge is 0.463 e. The van der Waals surface area contributed by atoms with Crippen LogP contribution in [0.15, 0.2) is 17.4 Å². The lowest BCUT2D eigenvalue weighted by Gasteiger charge is -2.21. The van der Waals surface area contributed by atoms with Crippen LogP contribution in [-0.2, 0) is 23.8 Å². The summed E-state index contributed by atoms with van der Waals surface area (Å²) >= 11 is 2.09. The van der Waals surface area contributed by atoms with Gasteiger partial charge in [0.2, 0.25) is 0 Å². The lowest BCUT2D eigenvalue weighted by Crippen LogP contribution is -2.33. The SMILES string of the molecule is CC(=O)OC[C@H]1O[C@@H](n2cnc3c(=O)[nH]cnc32)[C@H](OC(C)=O)[C@H]1I. The molecule has 25 heavy (non-hydrogen) atoms. The fourth-order valence-electron chi connectivity index (χ4n) is 2.62. The number of carbonyl (C=O) groups excluding carboxylic acids is 2. The van der Waals surface area contributed by atoms with E-state index in [0.29, 0.717) is 5.65 Å². The molecule has 0 unspecified atom stereocenters. The van der Waals surface area contributed by atoms with E-state index in [4.69, 9.17) is 14.2 Å². The third-order valence-corrected chi connectivity index (χ3v) is 5.17. The molecule has 134 valence electrons. The van der Waals surface area contributed by atoms with Crippen LogP contribution in [0.1, 0.15) is 20.1 Å². The summed E-state index contributed by atoms with van der Waals surface area (Å²) in [6.45, 7) is 2.63. The number of H-pyrrole nitrogens is 1. The van der Waals surface area contributed by atoms with Crippen LogP contribution in [0.2, 0.25) is 0 Å². The first-order valence-electron chi connectivity index (χ1n) is 7.39. The van der Waals surface area contributed by atoms with Gasteiger partial charge in [0.15, 0.2) is 23.5 Å². The van der Waals surface area contributed by atoms with E-state index in [1.54, 1.807) is 0 Å². The van der Waals surface area contributed by atoms with Crippen LogP contribution in [0.4, 0.5) is 0 Å². The fourth-order valence-corrected chi connectivity index (χ4v) is 3.50. The van der Waals surface area contributed by atoms with E-state index in [1.807, 2.05) is 0 Å². The highest BCUT2D eigenvalue weighted by atomic mass is 127. The maximum atomic E-state index is 11.8. The van der Waals surface area contributed by atoms with E-state index < -0.39 is 30.4 Å². The number of nitrogens with zero attached hydrogens (tertiary/aromatic N) is 3. The quantitative estimate of drug-likeness (QED) is 0.391. The normalized spacial score (nSPS) is 25.9. The molecule has 0 radical (unpaired) electrons. The maximum Gasteiger partial charge on any atom is 0.303 e. The molecule has 0 bridgehead atoms. The highest BCUT2D eigenvalue weighted by Gasteiger charge is 2.47. The van der Waals surface area contributed by atoms with Gasteiger partial charge in [-0.2, -0.15) is 0 Å². The first-order chi connectivity index (χ1) is 11.9. The molecule has 2 aromatic rings. The molecule has 3 rings (SSSR count). The Morgan fingerprint density at radius 2 is 2.12 bits per heavy atom. The second-order valence-corrected chi connectivity index (χ2v) is 6.88. The number of ether oxygens (including phenoxy) is 3. The predicted molar refractivity (Wildman–Crippen MR) is 92.1 cm³/mol. The number of aromatic nitrogens is 4. The van der Waals surface area contributed by atoms with Crippen LogP contribution in [0.3, 0.4) is 0 Å². The summed E-state index contributed by atoms with van der Waals surface area (Å²) < 4.78 is 17.6. The van der Waals surface area contributed by atoms with Crippen LogP contribution in [0.25, 0.3) is 11.2 Å². The molecule has 1 fully saturated rings. The minimum absolute atomic E-state index is 0.0256. The zero-order valence-corrected chi connectivity index (χ0v) is 15.5. The average molecular weight is 462 g/mol. The highest BCUT2D eigenvalue weighted by Crippen LogP contribution is 2.37. The van der Waals surface area contributed by atoms with Crippen molar-refractivity contribution in [1.29, 1.82) is 0 Å². The summed E-state index contributed by atoms with van der Waals surface area (Å²) in [5.41, 5.74) is 0.0806. The van der Waals surface area contributed by atoms with Gasteiger partial charge in [-0.15, -0.1) is 0 Å². The van der Waals surface area contributed by atoms with Gasteiger partial charge < -0.3 is 19.2 Å². The van der Waals surface area contributed by atoms with E-state index in [9.17, 15) is 14.4 Å². The Kier molecular flexibility index (Phi) is 5.03. The van der Waals surface area contributed by atoms with Crippen molar-refractivity contribution in [1.82, 2.24) is 19.5 Å². The van der Waals surface area contributed by atoms with Gasteiger partial charge in [0.1, 0.15) is 12.7 Å². The second-order valence-electron chi connectivity index (χ2n) is 5.44. The molecular weight excluding hydrogens is 447 g/mol. The van der Waals surface area contributed by atoms with Crippen molar-refractivity contribution in [3.05, 3.63) is 23.0 Å². The fraction of sp³-hybridized carbons (Fsp3) is 0.500. The second kappa shape index (κ2) is 7.07. The Balaban J connectivity index is 1.96. The van der Waals surface area contributed by atoms with E-state index in [1.165, 1.54) is 31.1 Å². The number of aromatic amines is 1. The molecule has 1 aliphatic heterocycles. The van der Waals surface area contributed by atoms with Crippen molar-refractivity contribution in [2.75, 3.05) is 6.61 Å². The number of rotatable bonds is 4. The number of imidazole rings is 1. The molecule has 10 nitrogen and oxygen atoms in total. The van der Waals surface area contributed by atoms with Crippen LogP contribution in [-0.4, -0.2) is 54.2 Å². The molecule has 2 aromatic heterocycles. The van der Waals surface area contributed by atoms with Crippen molar-refractivity contribution >= 4 is 45.7 Å². The Hall–Kier alpha value is -2.02. The molecule has 1 N–H and O–H groups in total.